The molecular weight excluding hydrogens is 670 g/mol. The summed E-state index contributed by atoms with van der Waals surface area (Å²) in [6, 6.07) is 9.83. The maximum absolute atomic E-state index is 14.7. The largest absolute Gasteiger partial charge is 0.480 e. The first kappa shape index (κ1) is 36.2. The molecule has 0 radical (unpaired) electrons. The summed E-state index contributed by atoms with van der Waals surface area (Å²) in [6.45, 7) is 4.81. The summed E-state index contributed by atoms with van der Waals surface area (Å²) in [7, 11) is 0. The molecule has 0 saturated carbocycles. The number of benzene rings is 2. The molecule has 2 aromatic carbocycles. The van der Waals surface area contributed by atoms with Crippen LogP contribution >= 0.6 is 35.1 Å². The number of morpholine rings is 1. The number of carbonyl (C=O) groups excluding carboxylic acids is 2. The lowest BCUT2D eigenvalue weighted by molar-refractivity contribution is -0.123. The van der Waals surface area contributed by atoms with Gasteiger partial charge in [-0.3, -0.25) is 9.59 Å². The summed E-state index contributed by atoms with van der Waals surface area (Å²) in [5.41, 5.74) is 11.7. The van der Waals surface area contributed by atoms with E-state index in [4.69, 9.17) is 15.2 Å². The molecular formula is C32H37ClF2N6O4S2. The highest BCUT2D eigenvalue weighted by atomic mass is 35.5. The predicted molar refractivity (Wildman–Crippen MR) is 182 cm³/mol. The molecule has 1 atom stereocenters. The van der Waals surface area contributed by atoms with Crippen LogP contribution in [0.4, 0.5) is 13.9 Å². The number of aromatic nitrogens is 2. The van der Waals surface area contributed by atoms with Crippen molar-refractivity contribution in [1.29, 1.82) is 0 Å². The Morgan fingerprint density at radius 2 is 1.74 bits per heavy atom. The Morgan fingerprint density at radius 3 is 2.43 bits per heavy atom. The summed E-state index contributed by atoms with van der Waals surface area (Å²) in [6.07, 6.45) is 1.38. The van der Waals surface area contributed by atoms with Crippen molar-refractivity contribution in [1.82, 2.24) is 20.6 Å². The molecule has 10 nitrogen and oxygen atoms in total. The highest BCUT2D eigenvalue weighted by Crippen LogP contribution is 2.36. The van der Waals surface area contributed by atoms with Crippen molar-refractivity contribution in [3.8, 4) is 27.4 Å². The average molecular weight is 707 g/mol. The molecule has 1 fully saturated rings. The minimum atomic E-state index is -1.18. The summed E-state index contributed by atoms with van der Waals surface area (Å²) < 4.78 is 39.7. The van der Waals surface area contributed by atoms with E-state index in [1.807, 2.05) is 36.7 Å². The van der Waals surface area contributed by atoms with Gasteiger partial charge in [-0.1, -0.05) is 24.3 Å². The van der Waals surface area contributed by atoms with Crippen molar-refractivity contribution in [3.63, 3.8) is 0 Å². The van der Waals surface area contributed by atoms with E-state index in [0.717, 1.165) is 32.9 Å². The Kier molecular flexibility index (Phi) is 13.4. The van der Waals surface area contributed by atoms with Gasteiger partial charge in [0.1, 0.15) is 0 Å². The molecule has 0 bridgehead atoms. The summed E-state index contributed by atoms with van der Waals surface area (Å²) in [5.74, 6) is -3.25. The second-order valence-electron chi connectivity index (χ2n) is 10.7. The lowest BCUT2D eigenvalue weighted by atomic mass is 10.0. The smallest absolute Gasteiger partial charge is 0.257 e. The fourth-order valence-corrected chi connectivity index (χ4v) is 6.60. The van der Waals surface area contributed by atoms with Crippen molar-refractivity contribution < 1.29 is 27.8 Å². The third kappa shape index (κ3) is 9.67. The minimum absolute atomic E-state index is 0. The lowest BCUT2D eigenvalue weighted by Crippen LogP contribution is -2.36. The van der Waals surface area contributed by atoms with E-state index in [2.05, 4.69) is 25.5 Å². The summed E-state index contributed by atoms with van der Waals surface area (Å²) in [5, 5.41) is 8.06. The van der Waals surface area contributed by atoms with E-state index in [9.17, 15) is 18.4 Å². The molecule has 252 valence electrons. The Balaban J connectivity index is 0.00000500. The zero-order valence-corrected chi connectivity index (χ0v) is 28.2. The van der Waals surface area contributed by atoms with Crippen LogP contribution in [0.2, 0.25) is 0 Å². The zero-order chi connectivity index (χ0) is 32.5. The van der Waals surface area contributed by atoms with Crippen LogP contribution < -0.4 is 26.0 Å². The van der Waals surface area contributed by atoms with Gasteiger partial charge in [0.25, 0.3) is 5.91 Å². The van der Waals surface area contributed by atoms with Gasteiger partial charge in [-0.25, -0.2) is 14.4 Å². The Labute approximate surface area is 286 Å². The first-order chi connectivity index (χ1) is 22.3. The Morgan fingerprint density at radius 1 is 1.04 bits per heavy atom. The van der Waals surface area contributed by atoms with Crippen molar-refractivity contribution in [2.75, 3.05) is 50.9 Å². The van der Waals surface area contributed by atoms with E-state index < -0.39 is 30.2 Å². The lowest BCUT2D eigenvalue weighted by Gasteiger charge is -2.26. The van der Waals surface area contributed by atoms with Crippen molar-refractivity contribution >= 4 is 52.0 Å². The van der Waals surface area contributed by atoms with E-state index in [0.29, 0.717) is 57.9 Å². The second-order valence-corrected chi connectivity index (χ2v) is 12.4. The molecule has 0 spiro atoms. The number of nitrogens with one attached hydrogen (secondary N) is 2. The van der Waals surface area contributed by atoms with Crippen LogP contribution in [0.1, 0.15) is 36.6 Å². The molecule has 5 rings (SSSR count). The van der Waals surface area contributed by atoms with Crippen LogP contribution in [-0.4, -0.2) is 67.8 Å². The molecule has 2 aromatic heterocycles. The van der Waals surface area contributed by atoms with E-state index >= 15 is 0 Å². The summed E-state index contributed by atoms with van der Waals surface area (Å²) in [4.78, 5) is 36.8. The van der Waals surface area contributed by atoms with Gasteiger partial charge in [-0.2, -0.15) is 4.39 Å². The topological polar surface area (TPSA) is 132 Å². The van der Waals surface area contributed by atoms with E-state index in [-0.39, 0.29) is 36.0 Å². The van der Waals surface area contributed by atoms with Crippen LogP contribution in [0, 0.1) is 18.6 Å². The number of halogens is 3. The number of nitrogens with two attached hydrogens (primary N) is 1. The molecule has 1 saturated heterocycles. The Hall–Kier alpha value is -3.69. The van der Waals surface area contributed by atoms with Gasteiger partial charge < -0.3 is 30.7 Å². The first-order valence-electron chi connectivity index (χ1n) is 15.0. The fourth-order valence-electron chi connectivity index (χ4n) is 4.91. The van der Waals surface area contributed by atoms with E-state index in [1.165, 1.54) is 17.4 Å². The average Bonchev–Trinajstić information content (AvgIpc) is 3.73. The second kappa shape index (κ2) is 17.5. The molecule has 1 aliphatic heterocycles. The number of hydrogen-bond donors (Lipinski definition) is 3. The minimum Gasteiger partial charge on any atom is -0.480 e. The van der Waals surface area contributed by atoms with Gasteiger partial charge >= 0.3 is 0 Å². The first-order valence-corrected chi connectivity index (χ1v) is 16.7. The molecule has 0 aliphatic carbocycles. The van der Waals surface area contributed by atoms with Crippen molar-refractivity contribution in [2.24, 2.45) is 5.73 Å². The van der Waals surface area contributed by atoms with E-state index in [1.54, 1.807) is 16.7 Å². The monoisotopic (exact) mass is 706 g/mol. The number of anilines is 1. The number of aryl methyl sites for hydroxylation is 1. The number of thiazole rings is 2. The van der Waals surface area contributed by atoms with Crippen LogP contribution in [0.5, 0.6) is 5.75 Å². The number of nitrogens with zero attached hydrogens (tertiary/aromatic N) is 3. The predicted octanol–water partition coefficient (Wildman–Crippen LogP) is 5.26. The molecule has 4 N–H and O–H groups in total. The van der Waals surface area contributed by atoms with Gasteiger partial charge in [0.2, 0.25) is 11.7 Å². The standard InChI is InChI=1S/C32H36F2N6O4S2.ClH/c1-20-31(46-19-38-20)22-6-4-21(5-7-22)25(35)16-27(41)36-10-2-3-11-37-28(42)17-44-30-23(8-9-24(33)29(30)34)26-18-45-32(39-26)40-12-14-43-15-13-40;/h4-9,18-19,25H,2-3,10-17,35H2,1H3,(H,36,41)(H,37,42);1H/t25-;/m0./s1. The number of rotatable bonds is 14. The highest BCUT2D eigenvalue weighted by Gasteiger charge is 2.22. The molecule has 2 amide bonds. The third-order valence-electron chi connectivity index (χ3n) is 7.45. The zero-order valence-electron chi connectivity index (χ0n) is 25.8. The fraction of sp³-hybridized carbons (Fsp3) is 0.375. The highest BCUT2D eigenvalue weighted by molar-refractivity contribution is 7.14. The molecule has 4 aromatic rings. The molecule has 15 heteroatoms. The van der Waals surface area contributed by atoms with Crippen LogP contribution in [0.3, 0.4) is 0 Å². The van der Waals surface area contributed by atoms with Crippen molar-refractivity contribution in [3.05, 3.63) is 70.2 Å². The summed E-state index contributed by atoms with van der Waals surface area (Å²) >= 11 is 2.97. The molecule has 47 heavy (non-hydrogen) atoms. The number of unbranched alkanes of at least 4 members (excludes halogenated alkanes) is 1. The maximum atomic E-state index is 14.7. The van der Waals surface area contributed by atoms with Crippen molar-refractivity contribution in [2.45, 2.75) is 32.2 Å². The third-order valence-corrected chi connectivity index (χ3v) is 9.33. The number of ether oxygens (including phenoxy) is 2. The van der Waals surface area contributed by atoms with Crippen LogP contribution in [0.15, 0.2) is 47.3 Å². The van der Waals surface area contributed by atoms with Gasteiger partial charge in [0.05, 0.1) is 35.0 Å². The number of carbonyl (C=O) groups is 2. The molecule has 0 unspecified atom stereocenters. The SMILES string of the molecule is Cc1ncsc1-c1ccc([C@@H](N)CC(=O)NCCCCNC(=O)COc2c(-c3csc(N4CCOCC4)n3)ccc(F)c2F)cc1.Cl. The van der Waals surface area contributed by atoms with Gasteiger partial charge in [0.15, 0.2) is 23.3 Å². The normalized spacial score (nSPS) is 13.5. The molecule has 1 aliphatic rings. The quantitative estimate of drug-likeness (QED) is 0.152. The van der Waals surface area contributed by atoms with Gasteiger partial charge in [-0.15, -0.1) is 35.1 Å². The maximum Gasteiger partial charge on any atom is 0.257 e. The van der Waals surface area contributed by atoms with Crippen LogP contribution in [-0.2, 0) is 14.3 Å². The Bertz CT molecular complexity index is 1630. The van der Waals surface area contributed by atoms with Gasteiger partial charge in [-0.05, 0) is 43.0 Å². The number of amides is 2. The number of hydrogen-bond acceptors (Lipinski definition) is 10. The van der Waals surface area contributed by atoms with Gasteiger partial charge in [0, 0.05) is 49.6 Å². The molecule has 3 heterocycles. The van der Waals surface area contributed by atoms with Crippen LogP contribution in [0.25, 0.3) is 21.7 Å².